The monoisotopic (exact) mass is 390 g/mol. The quantitative estimate of drug-likeness (QED) is 0.442. The highest BCUT2D eigenvalue weighted by Gasteiger charge is 2.30. The minimum absolute atomic E-state index is 0.0455. The molecule has 1 atom stereocenters. The number of nitro benzene ring substituents is 1. The van der Waals surface area contributed by atoms with Crippen LogP contribution in [0, 0.1) is 16.0 Å². The van der Waals surface area contributed by atoms with E-state index in [4.69, 9.17) is 16.3 Å². The van der Waals surface area contributed by atoms with Crippen molar-refractivity contribution in [2.45, 2.75) is 12.8 Å². The number of benzene rings is 1. The molecule has 0 saturated carbocycles. The lowest BCUT2D eigenvalue weighted by Gasteiger charge is -2.09. The van der Waals surface area contributed by atoms with Gasteiger partial charge in [-0.05, 0) is 24.5 Å². The van der Waals surface area contributed by atoms with Gasteiger partial charge in [-0.3, -0.25) is 19.7 Å². The molecule has 2 rings (SSSR count). The van der Waals surface area contributed by atoms with E-state index in [0.717, 1.165) is 6.07 Å². The fourth-order valence-corrected chi connectivity index (χ4v) is 4.46. The molecule has 0 unspecified atom stereocenters. The highest BCUT2D eigenvalue weighted by Crippen LogP contribution is 2.27. The normalized spacial score (nSPS) is 18.5. The smallest absolute Gasteiger partial charge is 0.306 e. The highest BCUT2D eigenvalue weighted by atomic mass is 35.5. The molecule has 1 aliphatic rings. The van der Waals surface area contributed by atoms with Gasteiger partial charge in [0.25, 0.3) is 11.6 Å². The van der Waals surface area contributed by atoms with E-state index in [2.05, 4.69) is 5.32 Å². The molecular weight excluding hydrogens is 376 g/mol. The number of hydrogen-bond acceptors (Lipinski definition) is 7. The van der Waals surface area contributed by atoms with Crippen LogP contribution in [0.25, 0.3) is 0 Å². The molecule has 0 aliphatic carbocycles. The first-order chi connectivity index (χ1) is 11.7. The molecule has 1 fully saturated rings. The number of nitrogens with zero attached hydrogens (tertiary/aromatic N) is 1. The fraction of sp³-hybridized carbons (Fsp3) is 0.429. The van der Waals surface area contributed by atoms with Crippen molar-refractivity contribution in [2.75, 3.05) is 23.4 Å². The molecule has 0 spiro atoms. The molecule has 0 aromatic heterocycles. The van der Waals surface area contributed by atoms with Crippen LogP contribution in [0.1, 0.15) is 12.8 Å². The Balaban J connectivity index is 1.86. The SMILES string of the molecule is O=C(COC(=O)C[C@H]1CCS(=O)(=O)C1)Nc1cc(Cl)ccc1[N+](=O)[O-]. The Kier molecular flexibility index (Phi) is 5.96. The van der Waals surface area contributed by atoms with Gasteiger partial charge in [-0.2, -0.15) is 0 Å². The second kappa shape index (κ2) is 7.79. The number of halogens is 1. The van der Waals surface area contributed by atoms with E-state index >= 15 is 0 Å². The molecule has 0 radical (unpaired) electrons. The Hall–Kier alpha value is -2.20. The number of hydrogen-bond donors (Lipinski definition) is 1. The Morgan fingerprint density at radius 2 is 2.12 bits per heavy atom. The van der Waals surface area contributed by atoms with E-state index in [9.17, 15) is 28.1 Å². The fourth-order valence-electron chi connectivity index (χ4n) is 2.43. The summed E-state index contributed by atoms with van der Waals surface area (Å²) in [6, 6.07) is 3.66. The van der Waals surface area contributed by atoms with E-state index in [1.165, 1.54) is 12.1 Å². The standard InChI is InChI=1S/C14H15ClN2O7S/c15-10-1-2-12(17(20)21)11(6-10)16-13(18)7-24-14(19)5-9-3-4-25(22,23)8-9/h1-2,6,9H,3-5,7-8H2,(H,16,18)/t9-/m1/s1. The maximum Gasteiger partial charge on any atom is 0.306 e. The third-order valence-corrected chi connectivity index (χ3v) is 5.65. The van der Waals surface area contributed by atoms with Crippen molar-refractivity contribution < 1.29 is 27.7 Å². The summed E-state index contributed by atoms with van der Waals surface area (Å²) in [5.74, 6) is -1.79. The van der Waals surface area contributed by atoms with Gasteiger partial charge in [0.05, 0.1) is 16.4 Å². The molecule has 136 valence electrons. The summed E-state index contributed by atoms with van der Waals surface area (Å²) < 4.78 is 27.4. The van der Waals surface area contributed by atoms with Crippen LogP contribution in [0.5, 0.6) is 0 Å². The van der Waals surface area contributed by atoms with Crippen LogP contribution >= 0.6 is 11.6 Å². The van der Waals surface area contributed by atoms with Gasteiger partial charge in [0.2, 0.25) is 0 Å². The number of carbonyl (C=O) groups excluding carboxylic acids is 2. The number of anilines is 1. The largest absolute Gasteiger partial charge is 0.456 e. The van der Waals surface area contributed by atoms with E-state index in [-0.39, 0.29) is 40.2 Å². The summed E-state index contributed by atoms with van der Waals surface area (Å²) in [6.07, 6.45) is 0.294. The van der Waals surface area contributed by atoms with Gasteiger partial charge in [0.15, 0.2) is 16.4 Å². The molecule has 1 heterocycles. The zero-order chi connectivity index (χ0) is 18.6. The van der Waals surface area contributed by atoms with Crippen molar-refractivity contribution >= 4 is 44.7 Å². The maximum atomic E-state index is 11.8. The predicted molar refractivity (Wildman–Crippen MR) is 89.1 cm³/mol. The summed E-state index contributed by atoms with van der Waals surface area (Å²) in [4.78, 5) is 33.7. The summed E-state index contributed by atoms with van der Waals surface area (Å²) in [5, 5.41) is 13.4. The first kappa shape index (κ1) is 19.1. The molecule has 25 heavy (non-hydrogen) atoms. The summed E-state index contributed by atoms with van der Waals surface area (Å²) in [7, 11) is -3.09. The first-order valence-electron chi connectivity index (χ1n) is 7.26. The van der Waals surface area contributed by atoms with Crippen molar-refractivity contribution in [2.24, 2.45) is 5.92 Å². The molecule has 1 N–H and O–H groups in total. The number of ether oxygens (including phenoxy) is 1. The van der Waals surface area contributed by atoms with Crippen molar-refractivity contribution in [3.63, 3.8) is 0 Å². The van der Waals surface area contributed by atoms with E-state index in [1.54, 1.807) is 0 Å². The third-order valence-electron chi connectivity index (χ3n) is 3.58. The molecule has 0 bridgehead atoms. The molecule has 11 heteroatoms. The van der Waals surface area contributed by atoms with Crippen LogP contribution in [0.4, 0.5) is 11.4 Å². The summed E-state index contributed by atoms with van der Waals surface area (Å²) >= 11 is 5.74. The Morgan fingerprint density at radius 3 is 2.72 bits per heavy atom. The Morgan fingerprint density at radius 1 is 1.40 bits per heavy atom. The number of esters is 1. The Bertz CT molecular complexity index is 809. The number of nitro groups is 1. The number of sulfone groups is 1. The zero-order valence-electron chi connectivity index (χ0n) is 12.9. The molecule has 1 amide bonds. The first-order valence-corrected chi connectivity index (χ1v) is 9.46. The average molecular weight is 391 g/mol. The van der Waals surface area contributed by atoms with Crippen molar-refractivity contribution in [3.05, 3.63) is 33.3 Å². The van der Waals surface area contributed by atoms with Crippen molar-refractivity contribution in [1.82, 2.24) is 0 Å². The van der Waals surface area contributed by atoms with E-state index in [0.29, 0.717) is 6.42 Å². The lowest BCUT2D eigenvalue weighted by molar-refractivity contribution is -0.383. The molecular formula is C14H15ClN2O7S. The number of carbonyl (C=O) groups is 2. The van der Waals surface area contributed by atoms with Gasteiger partial charge in [0.1, 0.15) is 5.69 Å². The highest BCUT2D eigenvalue weighted by molar-refractivity contribution is 7.91. The van der Waals surface area contributed by atoms with Gasteiger partial charge in [0, 0.05) is 17.5 Å². The third kappa shape index (κ3) is 5.68. The topological polar surface area (TPSA) is 133 Å². The number of amides is 1. The van der Waals surface area contributed by atoms with Gasteiger partial charge in [-0.1, -0.05) is 11.6 Å². The second-order valence-corrected chi connectivity index (χ2v) is 8.27. The van der Waals surface area contributed by atoms with Gasteiger partial charge >= 0.3 is 5.97 Å². The average Bonchev–Trinajstić information content (AvgIpc) is 2.83. The van der Waals surface area contributed by atoms with Gasteiger partial charge < -0.3 is 10.1 Å². The van der Waals surface area contributed by atoms with E-state index in [1.807, 2.05) is 0 Å². The summed E-state index contributed by atoms with van der Waals surface area (Å²) in [5.41, 5.74) is -0.458. The molecule has 1 aromatic carbocycles. The van der Waals surface area contributed by atoms with Crippen molar-refractivity contribution in [3.8, 4) is 0 Å². The van der Waals surface area contributed by atoms with Crippen LogP contribution < -0.4 is 5.32 Å². The van der Waals surface area contributed by atoms with Crippen molar-refractivity contribution in [1.29, 1.82) is 0 Å². The summed E-state index contributed by atoms with van der Waals surface area (Å²) in [6.45, 7) is -0.637. The lowest BCUT2D eigenvalue weighted by atomic mass is 10.1. The van der Waals surface area contributed by atoms with Crippen LogP contribution in [0.2, 0.25) is 5.02 Å². The maximum absolute atomic E-state index is 11.8. The van der Waals surface area contributed by atoms with Gasteiger partial charge in [-0.15, -0.1) is 0 Å². The van der Waals surface area contributed by atoms with Crippen LogP contribution in [0.3, 0.4) is 0 Å². The minimum atomic E-state index is -3.09. The van der Waals surface area contributed by atoms with Crippen LogP contribution in [-0.2, 0) is 24.2 Å². The molecule has 1 saturated heterocycles. The molecule has 1 aromatic rings. The number of nitrogens with one attached hydrogen (secondary N) is 1. The minimum Gasteiger partial charge on any atom is -0.456 e. The predicted octanol–water partition coefficient (Wildman–Crippen LogP) is 1.55. The Labute approximate surface area is 148 Å². The van der Waals surface area contributed by atoms with Crippen LogP contribution in [0.15, 0.2) is 18.2 Å². The second-order valence-electron chi connectivity index (χ2n) is 5.60. The van der Waals surface area contributed by atoms with Gasteiger partial charge in [-0.25, -0.2) is 8.42 Å². The lowest BCUT2D eigenvalue weighted by Crippen LogP contribution is -2.22. The molecule has 1 aliphatic heterocycles. The zero-order valence-corrected chi connectivity index (χ0v) is 14.5. The van der Waals surface area contributed by atoms with Crippen LogP contribution in [-0.4, -0.2) is 43.3 Å². The number of rotatable bonds is 6. The van der Waals surface area contributed by atoms with E-state index < -0.39 is 33.2 Å². The molecule has 9 nitrogen and oxygen atoms in total.